The summed E-state index contributed by atoms with van der Waals surface area (Å²) in [5, 5.41) is 13.3. The van der Waals surface area contributed by atoms with Gasteiger partial charge < -0.3 is 19.8 Å². The van der Waals surface area contributed by atoms with Crippen molar-refractivity contribution < 1.29 is 27.4 Å². The summed E-state index contributed by atoms with van der Waals surface area (Å²) in [7, 11) is 1.87. The van der Waals surface area contributed by atoms with Crippen LogP contribution in [0.1, 0.15) is 92.0 Å². The van der Waals surface area contributed by atoms with Gasteiger partial charge in [-0.3, -0.25) is 4.68 Å². The number of benzene rings is 1. The molecule has 3 aromatic rings. The average molecular weight is 547 g/mol. The van der Waals surface area contributed by atoms with Crippen molar-refractivity contribution in [2.75, 3.05) is 0 Å². The van der Waals surface area contributed by atoms with Gasteiger partial charge in [-0.2, -0.15) is 18.3 Å². The Balaban J connectivity index is 1.13. The Morgan fingerprint density at radius 2 is 1.77 bits per heavy atom. The van der Waals surface area contributed by atoms with Crippen LogP contribution in [0, 0.1) is 0 Å². The highest BCUT2D eigenvalue weighted by Gasteiger charge is 2.31. The first kappa shape index (κ1) is 27.0. The van der Waals surface area contributed by atoms with Gasteiger partial charge in [-0.1, -0.05) is 6.07 Å². The van der Waals surface area contributed by atoms with Crippen LogP contribution >= 0.6 is 0 Å². The van der Waals surface area contributed by atoms with Gasteiger partial charge in [0.05, 0.1) is 17.8 Å². The summed E-state index contributed by atoms with van der Waals surface area (Å²) in [6, 6.07) is 5.15. The van der Waals surface area contributed by atoms with Gasteiger partial charge in [0.15, 0.2) is 5.82 Å². The number of halogens is 3. The van der Waals surface area contributed by atoms with Crippen LogP contribution in [0.3, 0.4) is 0 Å². The molecule has 2 aromatic heterocycles. The topological polar surface area (TPSA) is 110 Å². The fraction of sp³-hybridized carbons (Fsp3) is 0.556. The maximum absolute atomic E-state index is 13.0. The molecule has 0 saturated heterocycles. The molecule has 210 valence electrons. The largest absolute Gasteiger partial charge is 0.486 e. The van der Waals surface area contributed by atoms with E-state index in [-0.39, 0.29) is 24.4 Å². The van der Waals surface area contributed by atoms with Crippen LogP contribution in [0.4, 0.5) is 18.0 Å². The number of primary amides is 1. The first-order chi connectivity index (χ1) is 18.7. The van der Waals surface area contributed by atoms with E-state index < -0.39 is 17.8 Å². The monoisotopic (exact) mass is 546 g/mol. The molecule has 2 aliphatic carbocycles. The van der Waals surface area contributed by atoms with Crippen molar-refractivity contribution in [2.24, 2.45) is 12.8 Å². The lowest BCUT2D eigenvalue weighted by Gasteiger charge is -2.28. The van der Waals surface area contributed by atoms with Crippen molar-refractivity contribution in [1.82, 2.24) is 24.5 Å². The smallest absolute Gasteiger partial charge is 0.416 e. The van der Waals surface area contributed by atoms with Crippen LogP contribution in [0.5, 0.6) is 5.75 Å². The third kappa shape index (κ3) is 6.36. The van der Waals surface area contributed by atoms with Gasteiger partial charge in [0.25, 0.3) is 0 Å². The van der Waals surface area contributed by atoms with Gasteiger partial charge in [0.2, 0.25) is 0 Å². The third-order valence-corrected chi connectivity index (χ3v) is 8.01. The summed E-state index contributed by atoms with van der Waals surface area (Å²) in [4.78, 5) is 11.0. The maximum atomic E-state index is 13.0. The van der Waals surface area contributed by atoms with Crippen molar-refractivity contribution in [1.29, 1.82) is 0 Å². The zero-order valence-electron chi connectivity index (χ0n) is 21.8. The van der Waals surface area contributed by atoms with Crippen molar-refractivity contribution >= 4 is 6.09 Å². The van der Waals surface area contributed by atoms with E-state index in [0.29, 0.717) is 17.8 Å². The van der Waals surface area contributed by atoms with Crippen molar-refractivity contribution in [2.45, 2.75) is 88.1 Å². The van der Waals surface area contributed by atoms with Crippen molar-refractivity contribution in [3.63, 3.8) is 0 Å². The molecular formula is C27H33F3N6O3. The van der Waals surface area contributed by atoms with E-state index in [1.54, 1.807) is 0 Å². The maximum Gasteiger partial charge on any atom is 0.416 e. The molecule has 2 fully saturated rings. The van der Waals surface area contributed by atoms with Gasteiger partial charge in [-0.25, -0.2) is 4.79 Å². The van der Waals surface area contributed by atoms with E-state index in [2.05, 4.69) is 26.2 Å². The van der Waals surface area contributed by atoms with E-state index in [1.165, 1.54) is 17.7 Å². The van der Waals surface area contributed by atoms with Crippen LogP contribution in [0.15, 0.2) is 36.7 Å². The zero-order valence-corrected chi connectivity index (χ0v) is 21.8. The van der Waals surface area contributed by atoms with Crippen LogP contribution in [-0.2, 0) is 24.6 Å². The first-order valence-corrected chi connectivity index (χ1v) is 13.4. The molecule has 2 heterocycles. The zero-order chi connectivity index (χ0) is 27.6. The molecule has 12 heteroatoms. The lowest BCUT2D eigenvalue weighted by molar-refractivity contribution is -0.137. The number of carbonyl (C=O) groups excluding carboxylic acids is 1. The molecule has 0 bridgehead atoms. The molecule has 2 aliphatic rings. The normalized spacial score (nSPS) is 23.9. The van der Waals surface area contributed by atoms with Gasteiger partial charge in [-0.15, -0.1) is 10.2 Å². The standard InChI is InChI=1S/C27H33F3N6O3/c1-35-24(16-38-23-4-2-3-20(13-23)27(28,29)30)33-34-25(35)18-5-9-21(10-6-18)36-15-19(14-32-36)17-7-11-22(12-8-17)39-26(31)37/h2-4,13-15,17-18,21-22H,5-12,16H2,1H3,(H2,31,37)/t17-,18-,21-,22-. The van der Waals surface area contributed by atoms with E-state index in [9.17, 15) is 18.0 Å². The first-order valence-electron chi connectivity index (χ1n) is 13.4. The van der Waals surface area contributed by atoms with Gasteiger partial charge >= 0.3 is 12.3 Å². The summed E-state index contributed by atoms with van der Waals surface area (Å²) in [6.45, 7) is 0.0345. The average Bonchev–Trinajstić information content (AvgIpc) is 3.55. The van der Waals surface area contributed by atoms with E-state index in [1.807, 2.05) is 17.8 Å². The number of amides is 1. The molecule has 2 N–H and O–H groups in total. The fourth-order valence-corrected chi connectivity index (χ4v) is 5.81. The quantitative estimate of drug-likeness (QED) is 0.411. The second kappa shape index (κ2) is 11.3. The molecule has 1 amide bonds. The third-order valence-electron chi connectivity index (χ3n) is 8.01. The Morgan fingerprint density at radius 1 is 1.05 bits per heavy atom. The van der Waals surface area contributed by atoms with E-state index in [4.69, 9.17) is 15.2 Å². The molecule has 1 aromatic carbocycles. The molecule has 5 rings (SSSR count). The molecule has 0 aliphatic heterocycles. The highest BCUT2D eigenvalue weighted by atomic mass is 19.4. The Morgan fingerprint density at radius 3 is 2.46 bits per heavy atom. The predicted octanol–water partition coefficient (Wildman–Crippen LogP) is 5.63. The summed E-state index contributed by atoms with van der Waals surface area (Å²) in [6.07, 6.45) is 6.25. The number of hydrogen-bond donors (Lipinski definition) is 1. The van der Waals surface area contributed by atoms with Crippen LogP contribution < -0.4 is 10.5 Å². The Kier molecular flexibility index (Phi) is 7.81. The fourth-order valence-electron chi connectivity index (χ4n) is 5.81. The minimum Gasteiger partial charge on any atom is -0.486 e. The number of carbonyl (C=O) groups is 1. The predicted molar refractivity (Wildman–Crippen MR) is 135 cm³/mol. The highest BCUT2D eigenvalue weighted by Crippen LogP contribution is 2.39. The lowest BCUT2D eigenvalue weighted by atomic mass is 9.83. The van der Waals surface area contributed by atoms with Crippen LogP contribution in [0.2, 0.25) is 0 Å². The number of nitrogens with zero attached hydrogens (tertiary/aromatic N) is 5. The Hall–Kier alpha value is -3.57. The Labute approximate surface area is 224 Å². The van der Waals surface area contributed by atoms with E-state index in [0.717, 1.165) is 69.3 Å². The summed E-state index contributed by atoms with van der Waals surface area (Å²) in [5.41, 5.74) is 5.62. The summed E-state index contributed by atoms with van der Waals surface area (Å²) < 4.78 is 53.6. The van der Waals surface area contributed by atoms with E-state index >= 15 is 0 Å². The SMILES string of the molecule is Cn1c(COc2cccc(C(F)(F)F)c2)nnc1[C@H]1CC[C@H](n2cc([C@H]3CC[C@H](OC(N)=O)CC3)cn2)CC1. The number of rotatable bonds is 7. The summed E-state index contributed by atoms with van der Waals surface area (Å²) in [5.74, 6) is 2.24. The van der Waals surface area contributed by atoms with Gasteiger partial charge in [0, 0.05) is 19.2 Å². The van der Waals surface area contributed by atoms with Crippen LogP contribution in [-0.4, -0.2) is 36.7 Å². The number of nitrogens with two attached hydrogens (primary N) is 1. The lowest BCUT2D eigenvalue weighted by Crippen LogP contribution is -2.26. The number of ether oxygens (including phenoxy) is 2. The van der Waals surface area contributed by atoms with Gasteiger partial charge in [-0.05, 0) is 81.0 Å². The van der Waals surface area contributed by atoms with Crippen LogP contribution in [0.25, 0.3) is 0 Å². The molecule has 0 spiro atoms. The number of aromatic nitrogens is 5. The number of hydrogen-bond acceptors (Lipinski definition) is 6. The molecule has 0 unspecified atom stereocenters. The van der Waals surface area contributed by atoms with Crippen molar-refractivity contribution in [3.05, 3.63) is 59.4 Å². The second-order valence-electron chi connectivity index (χ2n) is 10.5. The minimum atomic E-state index is -4.42. The second-order valence-corrected chi connectivity index (χ2v) is 10.5. The molecule has 0 radical (unpaired) electrons. The minimum absolute atomic E-state index is 0.0345. The Bertz CT molecular complexity index is 1270. The molecule has 2 saturated carbocycles. The van der Waals surface area contributed by atoms with Gasteiger partial charge in [0.1, 0.15) is 24.3 Å². The highest BCUT2D eigenvalue weighted by molar-refractivity contribution is 5.64. The molecular weight excluding hydrogens is 513 g/mol. The molecule has 0 atom stereocenters. The number of alkyl halides is 3. The summed E-state index contributed by atoms with van der Waals surface area (Å²) >= 11 is 0. The van der Waals surface area contributed by atoms with Crippen molar-refractivity contribution in [3.8, 4) is 5.75 Å². The molecule has 9 nitrogen and oxygen atoms in total. The molecule has 39 heavy (non-hydrogen) atoms.